The Morgan fingerprint density at radius 2 is 2.08 bits per heavy atom. The third-order valence-corrected chi connectivity index (χ3v) is 3.29. The van der Waals surface area contributed by atoms with Crippen LogP contribution in [0.5, 0.6) is 0 Å². The van der Waals surface area contributed by atoms with Gasteiger partial charge in [0.1, 0.15) is 11.6 Å². The SMILES string of the molecule is Fc1c(I)cc(F)c2sccc12. The van der Waals surface area contributed by atoms with Gasteiger partial charge in [-0.15, -0.1) is 11.3 Å². The van der Waals surface area contributed by atoms with Crippen molar-refractivity contribution in [2.45, 2.75) is 0 Å². The second kappa shape index (κ2) is 2.92. The maximum atomic E-state index is 13.2. The molecule has 0 nitrogen and oxygen atoms in total. The van der Waals surface area contributed by atoms with Gasteiger partial charge in [-0.05, 0) is 40.1 Å². The van der Waals surface area contributed by atoms with Crippen molar-refractivity contribution < 1.29 is 8.78 Å². The predicted molar refractivity (Wildman–Crippen MR) is 54.5 cm³/mol. The average molecular weight is 296 g/mol. The van der Waals surface area contributed by atoms with Gasteiger partial charge in [0.2, 0.25) is 0 Å². The number of benzene rings is 1. The molecule has 0 aliphatic carbocycles. The molecule has 0 N–H and O–H groups in total. The van der Waals surface area contributed by atoms with Gasteiger partial charge < -0.3 is 0 Å². The first-order valence-electron chi connectivity index (χ1n) is 3.21. The van der Waals surface area contributed by atoms with Crippen LogP contribution < -0.4 is 0 Å². The smallest absolute Gasteiger partial charge is 0.145 e. The molecule has 62 valence electrons. The quantitative estimate of drug-likeness (QED) is 0.512. The van der Waals surface area contributed by atoms with Gasteiger partial charge in [-0.2, -0.15) is 0 Å². The highest BCUT2D eigenvalue weighted by atomic mass is 127. The van der Waals surface area contributed by atoms with E-state index in [0.29, 0.717) is 13.7 Å². The lowest BCUT2D eigenvalue weighted by Crippen LogP contribution is -1.84. The maximum absolute atomic E-state index is 13.2. The lowest BCUT2D eigenvalue weighted by molar-refractivity contribution is 0.613. The Hall–Kier alpha value is -0.230. The summed E-state index contributed by atoms with van der Waals surface area (Å²) in [7, 11) is 0. The van der Waals surface area contributed by atoms with Crippen molar-refractivity contribution >= 4 is 44.0 Å². The number of halogens is 3. The molecule has 0 saturated carbocycles. The summed E-state index contributed by atoms with van der Waals surface area (Å²) in [6, 6.07) is 2.81. The van der Waals surface area contributed by atoms with Crippen molar-refractivity contribution in [3.05, 3.63) is 32.7 Å². The molecule has 1 aromatic carbocycles. The summed E-state index contributed by atoms with van der Waals surface area (Å²) in [6.45, 7) is 0. The van der Waals surface area contributed by atoms with Gasteiger partial charge in [0.25, 0.3) is 0 Å². The van der Waals surface area contributed by atoms with Crippen LogP contribution in [0, 0.1) is 15.2 Å². The Morgan fingerprint density at radius 1 is 1.33 bits per heavy atom. The Morgan fingerprint density at radius 3 is 2.83 bits per heavy atom. The van der Waals surface area contributed by atoms with Crippen molar-refractivity contribution in [1.82, 2.24) is 0 Å². The first-order valence-corrected chi connectivity index (χ1v) is 5.16. The van der Waals surface area contributed by atoms with Crippen LogP contribution in [0.15, 0.2) is 17.5 Å². The molecule has 0 aliphatic rings. The third kappa shape index (κ3) is 1.13. The summed E-state index contributed by atoms with van der Waals surface area (Å²) >= 11 is 3.00. The van der Waals surface area contributed by atoms with Crippen molar-refractivity contribution in [1.29, 1.82) is 0 Å². The number of thiophene rings is 1. The largest absolute Gasteiger partial charge is 0.205 e. The second-order valence-corrected chi connectivity index (χ2v) is 4.40. The predicted octanol–water partition coefficient (Wildman–Crippen LogP) is 3.78. The van der Waals surface area contributed by atoms with E-state index < -0.39 is 0 Å². The second-order valence-electron chi connectivity index (χ2n) is 2.32. The molecule has 0 atom stereocenters. The van der Waals surface area contributed by atoms with Gasteiger partial charge in [-0.3, -0.25) is 0 Å². The van der Waals surface area contributed by atoms with Crippen molar-refractivity contribution in [3.63, 3.8) is 0 Å². The summed E-state index contributed by atoms with van der Waals surface area (Å²) < 4.78 is 27.1. The molecule has 1 heterocycles. The minimum Gasteiger partial charge on any atom is -0.205 e. The van der Waals surface area contributed by atoms with E-state index in [0.717, 1.165) is 0 Å². The van der Waals surface area contributed by atoms with E-state index in [4.69, 9.17) is 0 Å². The summed E-state index contributed by atoms with van der Waals surface area (Å²) in [6.07, 6.45) is 0. The first-order chi connectivity index (χ1) is 5.70. The van der Waals surface area contributed by atoms with Gasteiger partial charge in [0, 0.05) is 5.39 Å². The monoisotopic (exact) mass is 296 g/mol. The lowest BCUT2D eigenvalue weighted by atomic mass is 10.2. The molecule has 0 radical (unpaired) electrons. The number of hydrogen-bond donors (Lipinski definition) is 0. The minimum absolute atomic E-state index is 0.326. The summed E-state index contributed by atoms with van der Waals surface area (Å²) in [5.74, 6) is -0.668. The summed E-state index contributed by atoms with van der Waals surface area (Å²) in [5, 5.41) is 2.07. The molecule has 2 rings (SSSR count). The van der Waals surface area contributed by atoms with Crippen LogP contribution in [0.2, 0.25) is 0 Å². The zero-order chi connectivity index (χ0) is 8.72. The van der Waals surface area contributed by atoms with E-state index in [1.165, 1.54) is 17.4 Å². The summed E-state index contributed by atoms with van der Waals surface area (Å²) in [4.78, 5) is 0. The van der Waals surface area contributed by atoms with Crippen LogP contribution in [0.25, 0.3) is 10.1 Å². The first kappa shape index (κ1) is 8.37. The Kier molecular flexibility index (Phi) is 2.04. The fourth-order valence-corrected chi connectivity index (χ4v) is 2.40. The molecular weight excluding hydrogens is 293 g/mol. The molecule has 0 saturated heterocycles. The highest BCUT2D eigenvalue weighted by molar-refractivity contribution is 14.1. The number of hydrogen-bond acceptors (Lipinski definition) is 1. The standard InChI is InChI=1S/C8H3F2IS/c9-5-3-6(11)7(10)4-1-2-12-8(4)5/h1-3H. The van der Waals surface area contributed by atoms with Crippen LogP contribution >= 0.6 is 33.9 Å². The molecule has 1 aromatic heterocycles. The molecule has 0 bridgehead atoms. The van der Waals surface area contributed by atoms with E-state index in [-0.39, 0.29) is 11.6 Å². The highest BCUT2D eigenvalue weighted by Gasteiger charge is 2.10. The Balaban J connectivity index is 2.97. The molecule has 0 unspecified atom stereocenters. The van der Waals surface area contributed by atoms with Crippen LogP contribution in [0.4, 0.5) is 8.78 Å². The van der Waals surface area contributed by atoms with Crippen LogP contribution in [0.3, 0.4) is 0 Å². The van der Waals surface area contributed by atoms with E-state index in [2.05, 4.69) is 0 Å². The van der Waals surface area contributed by atoms with Crippen LogP contribution in [0.1, 0.15) is 0 Å². The normalized spacial score (nSPS) is 10.9. The Bertz CT molecular complexity index is 436. The fraction of sp³-hybridized carbons (Fsp3) is 0. The molecule has 4 heteroatoms. The van der Waals surface area contributed by atoms with E-state index in [1.54, 1.807) is 34.0 Å². The molecule has 0 fully saturated rings. The van der Waals surface area contributed by atoms with E-state index in [1.807, 2.05) is 0 Å². The van der Waals surface area contributed by atoms with Crippen LogP contribution in [-0.4, -0.2) is 0 Å². The third-order valence-electron chi connectivity index (χ3n) is 1.58. The van der Waals surface area contributed by atoms with Gasteiger partial charge in [0.15, 0.2) is 0 Å². The zero-order valence-corrected chi connectivity index (χ0v) is 8.75. The molecule has 0 aliphatic heterocycles. The average Bonchev–Trinajstić information content (AvgIpc) is 2.48. The fourth-order valence-electron chi connectivity index (χ4n) is 1.04. The Labute approximate surface area is 85.3 Å². The van der Waals surface area contributed by atoms with E-state index in [9.17, 15) is 8.78 Å². The number of fused-ring (bicyclic) bond motifs is 1. The zero-order valence-electron chi connectivity index (χ0n) is 5.77. The van der Waals surface area contributed by atoms with Crippen molar-refractivity contribution in [2.75, 3.05) is 0 Å². The molecule has 2 aromatic rings. The minimum atomic E-state index is -0.342. The van der Waals surface area contributed by atoms with Crippen LogP contribution in [-0.2, 0) is 0 Å². The molecule has 0 amide bonds. The summed E-state index contributed by atoms with van der Waals surface area (Å²) in [5.41, 5.74) is 0. The van der Waals surface area contributed by atoms with E-state index >= 15 is 0 Å². The topological polar surface area (TPSA) is 0 Å². The highest BCUT2D eigenvalue weighted by Crippen LogP contribution is 2.29. The number of rotatable bonds is 0. The van der Waals surface area contributed by atoms with Gasteiger partial charge >= 0.3 is 0 Å². The maximum Gasteiger partial charge on any atom is 0.145 e. The molecule has 12 heavy (non-hydrogen) atoms. The van der Waals surface area contributed by atoms with Gasteiger partial charge in [-0.25, -0.2) is 8.78 Å². The van der Waals surface area contributed by atoms with Gasteiger partial charge in [-0.1, -0.05) is 0 Å². The lowest BCUT2D eigenvalue weighted by Gasteiger charge is -1.96. The van der Waals surface area contributed by atoms with Crippen molar-refractivity contribution in [3.8, 4) is 0 Å². The molecular formula is C8H3F2IS. The molecule has 0 spiro atoms. The van der Waals surface area contributed by atoms with Crippen molar-refractivity contribution in [2.24, 2.45) is 0 Å². The van der Waals surface area contributed by atoms with Gasteiger partial charge in [0.05, 0.1) is 8.27 Å².